The summed E-state index contributed by atoms with van der Waals surface area (Å²) in [6.45, 7) is 3.25. The molecule has 0 radical (unpaired) electrons. The van der Waals surface area contributed by atoms with Gasteiger partial charge < -0.3 is 14.8 Å². The number of hydrogen-bond donors (Lipinski definition) is 1. The fraction of sp³-hybridized carbons (Fsp3) is 0.571. The number of rotatable bonds is 2. The fourth-order valence-corrected chi connectivity index (χ4v) is 3.00. The third kappa shape index (κ3) is 1.90. The average Bonchev–Trinajstić information content (AvgIpc) is 2.77. The van der Waals surface area contributed by atoms with E-state index in [-0.39, 0.29) is 0 Å². The first-order valence-corrected chi connectivity index (χ1v) is 6.54. The van der Waals surface area contributed by atoms with Gasteiger partial charge in [0, 0.05) is 30.9 Å². The summed E-state index contributed by atoms with van der Waals surface area (Å²) >= 11 is 0. The van der Waals surface area contributed by atoms with Gasteiger partial charge in [0.15, 0.2) is 11.5 Å². The third-order valence-corrected chi connectivity index (χ3v) is 4.01. The number of ether oxygens (including phenoxy) is 2. The molecule has 1 fully saturated rings. The Bertz CT molecular complexity index is 448. The standard InChI is InChI=1S/C14H20N2O2/c1-17-13-6-10-9-16-5-3-4-11(16)8-15-12(10)7-14(13)18-2/h6-7,11,15H,3-5,8-9H2,1-2H3/t11-/m0/s1. The Kier molecular flexibility index (Phi) is 3.04. The molecule has 0 aliphatic carbocycles. The molecule has 0 aromatic heterocycles. The number of benzene rings is 1. The molecule has 4 nitrogen and oxygen atoms in total. The summed E-state index contributed by atoms with van der Waals surface area (Å²) in [6.07, 6.45) is 2.62. The predicted molar refractivity (Wildman–Crippen MR) is 71.5 cm³/mol. The van der Waals surface area contributed by atoms with Crippen molar-refractivity contribution in [3.8, 4) is 11.5 Å². The Labute approximate surface area is 108 Å². The molecule has 98 valence electrons. The van der Waals surface area contributed by atoms with Crippen LogP contribution in [-0.2, 0) is 6.54 Å². The van der Waals surface area contributed by atoms with Crippen molar-refractivity contribution >= 4 is 5.69 Å². The molecule has 0 unspecified atom stereocenters. The summed E-state index contributed by atoms with van der Waals surface area (Å²) < 4.78 is 10.7. The topological polar surface area (TPSA) is 33.7 Å². The molecule has 1 saturated heterocycles. The maximum Gasteiger partial charge on any atom is 0.162 e. The van der Waals surface area contributed by atoms with E-state index in [2.05, 4.69) is 22.3 Å². The Morgan fingerprint density at radius 2 is 2.00 bits per heavy atom. The van der Waals surface area contributed by atoms with E-state index in [1.807, 2.05) is 0 Å². The molecule has 0 amide bonds. The second kappa shape index (κ2) is 4.69. The summed E-state index contributed by atoms with van der Waals surface area (Å²) in [5.41, 5.74) is 2.49. The fourth-order valence-electron chi connectivity index (χ4n) is 3.00. The van der Waals surface area contributed by atoms with Crippen molar-refractivity contribution < 1.29 is 9.47 Å². The zero-order valence-electron chi connectivity index (χ0n) is 11.0. The van der Waals surface area contributed by atoms with Crippen molar-refractivity contribution in [2.75, 3.05) is 32.6 Å². The molecule has 2 aliphatic heterocycles. The zero-order valence-corrected chi connectivity index (χ0v) is 11.0. The van der Waals surface area contributed by atoms with Crippen molar-refractivity contribution in [3.05, 3.63) is 17.7 Å². The molecule has 3 rings (SSSR count). The summed E-state index contributed by atoms with van der Waals surface area (Å²) in [5, 5.41) is 3.55. The van der Waals surface area contributed by atoms with Gasteiger partial charge in [-0.25, -0.2) is 0 Å². The molecule has 1 aromatic carbocycles. The van der Waals surface area contributed by atoms with Crippen LogP contribution in [-0.4, -0.2) is 38.3 Å². The molecule has 2 aliphatic rings. The van der Waals surface area contributed by atoms with Gasteiger partial charge in [-0.3, -0.25) is 4.90 Å². The lowest BCUT2D eigenvalue weighted by atomic mass is 10.1. The van der Waals surface area contributed by atoms with Gasteiger partial charge in [-0.15, -0.1) is 0 Å². The molecule has 1 atom stereocenters. The van der Waals surface area contributed by atoms with E-state index in [0.717, 1.165) is 24.6 Å². The van der Waals surface area contributed by atoms with E-state index in [4.69, 9.17) is 9.47 Å². The van der Waals surface area contributed by atoms with Gasteiger partial charge >= 0.3 is 0 Å². The van der Waals surface area contributed by atoms with Crippen LogP contribution < -0.4 is 14.8 Å². The van der Waals surface area contributed by atoms with E-state index < -0.39 is 0 Å². The van der Waals surface area contributed by atoms with Gasteiger partial charge in [-0.1, -0.05) is 0 Å². The molecule has 1 aromatic rings. The highest BCUT2D eigenvalue weighted by Crippen LogP contribution is 2.36. The summed E-state index contributed by atoms with van der Waals surface area (Å²) in [7, 11) is 3.37. The molecule has 0 spiro atoms. The predicted octanol–water partition coefficient (Wildman–Crippen LogP) is 2.09. The molecule has 0 bridgehead atoms. The first kappa shape index (κ1) is 11.7. The molecular weight excluding hydrogens is 228 g/mol. The van der Waals surface area contributed by atoms with E-state index in [1.54, 1.807) is 14.2 Å². The van der Waals surface area contributed by atoms with Gasteiger partial charge in [0.2, 0.25) is 0 Å². The molecule has 1 N–H and O–H groups in total. The Morgan fingerprint density at radius 3 is 2.78 bits per heavy atom. The van der Waals surface area contributed by atoms with E-state index >= 15 is 0 Å². The minimum Gasteiger partial charge on any atom is -0.493 e. The first-order chi connectivity index (χ1) is 8.81. The second-order valence-electron chi connectivity index (χ2n) is 5.01. The van der Waals surface area contributed by atoms with Crippen LogP contribution in [0.15, 0.2) is 12.1 Å². The highest BCUT2D eigenvalue weighted by molar-refractivity contribution is 5.61. The van der Waals surface area contributed by atoms with E-state index in [9.17, 15) is 0 Å². The zero-order chi connectivity index (χ0) is 12.5. The second-order valence-corrected chi connectivity index (χ2v) is 5.01. The molecule has 0 saturated carbocycles. The van der Waals surface area contributed by atoms with Crippen molar-refractivity contribution in [2.24, 2.45) is 0 Å². The minimum absolute atomic E-state index is 0.675. The summed E-state index contributed by atoms with van der Waals surface area (Å²) in [6, 6.07) is 4.83. The van der Waals surface area contributed by atoms with Gasteiger partial charge in [-0.2, -0.15) is 0 Å². The lowest BCUT2D eigenvalue weighted by Gasteiger charge is -2.20. The smallest absolute Gasteiger partial charge is 0.162 e. The number of methoxy groups -OCH3 is 2. The summed E-state index contributed by atoms with van der Waals surface area (Å²) in [4.78, 5) is 2.56. The van der Waals surface area contributed by atoms with Gasteiger partial charge in [0.05, 0.1) is 14.2 Å². The van der Waals surface area contributed by atoms with Crippen LogP contribution in [0.3, 0.4) is 0 Å². The average molecular weight is 248 g/mol. The maximum atomic E-state index is 5.38. The first-order valence-electron chi connectivity index (χ1n) is 6.54. The largest absolute Gasteiger partial charge is 0.493 e. The lowest BCUT2D eigenvalue weighted by molar-refractivity contribution is 0.259. The number of hydrogen-bond acceptors (Lipinski definition) is 4. The number of anilines is 1. The summed E-state index contributed by atoms with van der Waals surface area (Å²) in [5.74, 6) is 1.61. The molecular formula is C14H20N2O2. The normalized spacial score (nSPS) is 22.7. The van der Waals surface area contributed by atoms with Crippen LogP contribution in [0.5, 0.6) is 11.5 Å². The van der Waals surface area contributed by atoms with Crippen LogP contribution >= 0.6 is 0 Å². The van der Waals surface area contributed by atoms with Crippen molar-refractivity contribution in [3.63, 3.8) is 0 Å². The highest BCUT2D eigenvalue weighted by Gasteiger charge is 2.28. The Morgan fingerprint density at radius 1 is 1.22 bits per heavy atom. The van der Waals surface area contributed by atoms with Crippen LogP contribution in [0.1, 0.15) is 18.4 Å². The van der Waals surface area contributed by atoms with E-state index in [1.165, 1.54) is 30.6 Å². The van der Waals surface area contributed by atoms with Crippen LogP contribution in [0.4, 0.5) is 5.69 Å². The van der Waals surface area contributed by atoms with Gasteiger partial charge in [0.25, 0.3) is 0 Å². The minimum atomic E-state index is 0.675. The number of fused-ring (bicyclic) bond motifs is 2. The van der Waals surface area contributed by atoms with Gasteiger partial charge in [0.1, 0.15) is 0 Å². The van der Waals surface area contributed by atoms with Crippen LogP contribution in [0.25, 0.3) is 0 Å². The van der Waals surface area contributed by atoms with Crippen molar-refractivity contribution in [1.29, 1.82) is 0 Å². The maximum absolute atomic E-state index is 5.38. The van der Waals surface area contributed by atoms with Gasteiger partial charge in [-0.05, 0) is 31.0 Å². The van der Waals surface area contributed by atoms with E-state index in [0.29, 0.717) is 6.04 Å². The highest BCUT2D eigenvalue weighted by atomic mass is 16.5. The Balaban J connectivity index is 1.96. The van der Waals surface area contributed by atoms with Crippen LogP contribution in [0.2, 0.25) is 0 Å². The number of nitrogens with one attached hydrogen (secondary N) is 1. The number of nitrogens with zero attached hydrogens (tertiary/aromatic N) is 1. The molecule has 18 heavy (non-hydrogen) atoms. The van der Waals surface area contributed by atoms with Crippen molar-refractivity contribution in [1.82, 2.24) is 4.90 Å². The SMILES string of the molecule is COc1cc2c(cc1OC)NC[C@@H]1CCCN1C2. The molecule has 4 heteroatoms. The monoisotopic (exact) mass is 248 g/mol. The van der Waals surface area contributed by atoms with Crippen molar-refractivity contribution in [2.45, 2.75) is 25.4 Å². The lowest BCUT2D eigenvalue weighted by Crippen LogP contribution is -2.31. The Hall–Kier alpha value is -1.42. The molecule has 2 heterocycles. The van der Waals surface area contributed by atoms with Crippen LogP contribution in [0, 0.1) is 0 Å². The quantitative estimate of drug-likeness (QED) is 0.869. The third-order valence-electron chi connectivity index (χ3n) is 4.01.